The molecule has 0 bridgehead atoms. The third kappa shape index (κ3) is 4.27. The van der Waals surface area contributed by atoms with Crippen molar-refractivity contribution in [2.45, 2.75) is 32.5 Å². The molecule has 0 unspecified atom stereocenters. The average molecular weight is 416 g/mol. The molecule has 0 aliphatic carbocycles. The number of likely N-dealkylation sites (tertiary alicyclic amines) is 1. The van der Waals surface area contributed by atoms with Crippen molar-refractivity contribution >= 4 is 22.8 Å². The third-order valence-electron chi connectivity index (χ3n) is 5.52. The van der Waals surface area contributed by atoms with E-state index >= 15 is 0 Å². The zero-order valence-corrected chi connectivity index (χ0v) is 16.6. The Balaban J connectivity index is 1.42. The highest BCUT2D eigenvalue weighted by molar-refractivity contribution is 5.89. The van der Waals surface area contributed by atoms with Gasteiger partial charge in [0.1, 0.15) is 0 Å². The molecule has 30 heavy (non-hydrogen) atoms. The molecule has 0 atom stereocenters. The molecule has 0 spiro atoms. The monoisotopic (exact) mass is 416 g/mol. The van der Waals surface area contributed by atoms with E-state index in [4.69, 9.17) is 0 Å². The molecule has 1 N–H and O–H groups in total. The van der Waals surface area contributed by atoms with Gasteiger partial charge in [-0.2, -0.15) is 13.2 Å². The molecule has 0 radical (unpaired) electrons. The van der Waals surface area contributed by atoms with Gasteiger partial charge in [0.25, 0.3) is 0 Å². The second-order valence-corrected chi connectivity index (χ2v) is 7.76. The topological polar surface area (TPSA) is 50.2 Å². The molecule has 8 heteroatoms. The van der Waals surface area contributed by atoms with Crippen LogP contribution in [0.4, 0.5) is 23.7 Å². The summed E-state index contributed by atoms with van der Waals surface area (Å²) in [7, 11) is 0. The number of hydrogen-bond donors (Lipinski definition) is 1. The van der Waals surface area contributed by atoms with Crippen LogP contribution in [0, 0.1) is 12.8 Å². The zero-order chi connectivity index (χ0) is 21.3. The predicted octanol–water partition coefficient (Wildman–Crippen LogP) is 5.31. The van der Waals surface area contributed by atoms with Gasteiger partial charge in [-0.3, -0.25) is 0 Å². The summed E-state index contributed by atoms with van der Waals surface area (Å²) in [6.07, 6.45) is -3.22. The lowest BCUT2D eigenvalue weighted by Crippen LogP contribution is -2.41. The fraction of sp³-hybridized carbons (Fsp3) is 0.364. The number of aromatic nitrogens is 2. The van der Waals surface area contributed by atoms with Crippen molar-refractivity contribution in [3.63, 3.8) is 0 Å². The summed E-state index contributed by atoms with van der Waals surface area (Å²) in [6, 6.07) is 14.1. The largest absolute Gasteiger partial charge is 0.449 e. The van der Waals surface area contributed by atoms with Crippen LogP contribution in [0.2, 0.25) is 0 Å². The van der Waals surface area contributed by atoms with E-state index in [1.165, 1.54) is 4.57 Å². The minimum Gasteiger partial charge on any atom is -0.325 e. The number of piperidine rings is 1. The maximum Gasteiger partial charge on any atom is 0.449 e. The Morgan fingerprint density at radius 3 is 2.57 bits per heavy atom. The number of amides is 2. The molecule has 1 aliphatic rings. The molecule has 2 heterocycles. The summed E-state index contributed by atoms with van der Waals surface area (Å²) < 4.78 is 41.8. The van der Waals surface area contributed by atoms with Crippen LogP contribution in [0.15, 0.2) is 48.5 Å². The van der Waals surface area contributed by atoms with E-state index in [-0.39, 0.29) is 18.5 Å². The summed E-state index contributed by atoms with van der Waals surface area (Å²) in [5, 5.41) is 2.89. The van der Waals surface area contributed by atoms with Crippen LogP contribution in [-0.2, 0) is 12.7 Å². The van der Waals surface area contributed by atoms with Crippen LogP contribution in [0.5, 0.6) is 0 Å². The van der Waals surface area contributed by atoms with Gasteiger partial charge in [-0.15, -0.1) is 0 Å². The summed E-state index contributed by atoms with van der Waals surface area (Å²) >= 11 is 0. The van der Waals surface area contributed by atoms with Crippen molar-refractivity contribution in [1.29, 1.82) is 0 Å². The summed E-state index contributed by atoms with van der Waals surface area (Å²) in [6.45, 7) is 3.21. The van der Waals surface area contributed by atoms with Crippen molar-refractivity contribution < 1.29 is 18.0 Å². The van der Waals surface area contributed by atoms with Gasteiger partial charge in [-0.1, -0.05) is 24.3 Å². The maximum absolute atomic E-state index is 13.5. The molecule has 5 nitrogen and oxygen atoms in total. The SMILES string of the molecule is Cc1cccc(NC(=O)N2CCC(Cn3c(C(F)(F)F)nc4ccccc43)CC2)c1. The Kier molecular flexibility index (Phi) is 5.40. The number of carbonyl (C=O) groups is 1. The molecule has 1 fully saturated rings. The number of benzene rings is 2. The molecule has 158 valence electrons. The first-order chi connectivity index (χ1) is 14.3. The van der Waals surface area contributed by atoms with Crippen molar-refractivity contribution in [1.82, 2.24) is 14.5 Å². The second kappa shape index (κ2) is 8.01. The van der Waals surface area contributed by atoms with Gasteiger partial charge in [0.15, 0.2) is 0 Å². The molecule has 1 aliphatic heterocycles. The number of imidazole rings is 1. The number of fused-ring (bicyclic) bond motifs is 1. The number of halogens is 3. The van der Waals surface area contributed by atoms with E-state index < -0.39 is 12.0 Å². The van der Waals surface area contributed by atoms with Crippen molar-refractivity contribution in [3.8, 4) is 0 Å². The van der Waals surface area contributed by atoms with E-state index in [2.05, 4.69) is 10.3 Å². The van der Waals surface area contributed by atoms with Crippen LogP contribution in [0.3, 0.4) is 0 Å². The number of anilines is 1. The van der Waals surface area contributed by atoms with E-state index in [1.54, 1.807) is 29.2 Å². The Bertz CT molecular complexity index is 1050. The summed E-state index contributed by atoms with van der Waals surface area (Å²) in [5.74, 6) is -0.810. The molecular weight excluding hydrogens is 393 g/mol. The van der Waals surface area contributed by atoms with E-state index in [0.717, 1.165) is 11.3 Å². The van der Waals surface area contributed by atoms with Gasteiger partial charge < -0.3 is 14.8 Å². The van der Waals surface area contributed by atoms with Crippen LogP contribution < -0.4 is 5.32 Å². The first-order valence-corrected chi connectivity index (χ1v) is 9.96. The predicted molar refractivity (Wildman–Crippen MR) is 109 cm³/mol. The Labute approximate surface area is 172 Å². The van der Waals surface area contributed by atoms with Crippen LogP contribution in [-0.4, -0.2) is 33.6 Å². The smallest absolute Gasteiger partial charge is 0.325 e. The Morgan fingerprint density at radius 2 is 1.87 bits per heavy atom. The number of nitrogens with one attached hydrogen (secondary N) is 1. The molecule has 2 aromatic carbocycles. The summed E-state index contributed by atoms with van der Waals surface area (Å²) in [5.41, 5.74) is 2.63. The molecule has 1 saturated heterocycles. The molecule has 0 saturated carbocycles. The molecular formula is C22H23F3N4O. The number of aryl methyl sites for hydroxylation is 1. The molecule has 2 amide bonds. The van der Waals surface area contributed by atoms with Crippen molar-refractivity contribution in [2.24, 2.45) is 5.92 Å². The van der Waals surface area contributed by atoms with Crippen LogP contribution >= 0.6 is 0 Å². The number of rotatable bonds is 3. The van der Waals surface area contributed by atoms with E-state index in [9.17, 15) is 18.0 Å². The Morgan fingerprint density at radius 1 is 1.13 bits per heavy atom. The fourth-order valence-corrected chi connectivity index (χ4v) is 3.98. The zero-order valence-electron chi connectivity index (χ0n) is 16.6. The quantitative estimate of drug-likeness (QED) is 0.629. The minimum absolute atomic E-state index is 0.0479. The fourth-order valence-electron chi connectivity index (χ4n) is 3.98. The Hall–Kier alpha value is -3.03. The van der Waals surface area contributed by atoms with Gasteiger partial charge in [-0.25, -0.2) is 9.78 Å². The lowest BCUT2D eigenvalue weighted by Gasteiger charge is -2.32. The standard InChI is InChI=1S/C22H23F3N4O/c1-15-5-4-6-17(13-15)26-21(30)28-11-9-16(10-12-28)14-29-19-8-3-2-7-18(19)27-20(29)22(23,24)25/h2-8,13,16H,9-12,14H2,1H3,(H,26,30). The number of carbonyl (C=O) groups excluding carboxylic acids is 1. The molecule has 1 aromatic heterocycles. The van der Waals surface area contributed by atoms with Gasteiger partial charge in [-0.05, 0) is 55.5 Å². The van der Waals surface area contributed by atoms with Crippen LogP contribution in [0.1, 0.15) is 24.2 Å². The first-order valence-electron chi connectivity index (χ1n) is 9.96. The first kappa shape index (κ1) is 20.3. The number of para-hydroxylation sites is 2. The van der Waals surface area contributed by atoms with E-state index in [0.29, 0.717) is 37.0 Å². The highest BCUT2D eigenvalue weighted by Gasteiger charge is 2.38. The van der Waals surface area contributed by atoms with Crippen molar-refractivity contribution in [3.05, 3.63) is 59.9 Å². The number of urea groups is 1. The van der Waals surface area contributed by atoms with E-state index in [1.807, 2.05) is 31.2 Å². The van der Waals surface area contributed by atoms with Gasteiger partial charge in [0, 0.05) is 25.3 Å². The molecule has 4 rings (SSSR count). The number of alkyl halides is 3. The number of nitrogens with zero attached hydrogens (tertiary/aromatic N) is 3. The lowest BCUT2D eigenvalue weighted by molar-refractivity contribution is -0.147. The van der Waals surface area contributed by atoms with Gasteiger partial charge in [0.2, 0.25) is 5.82 Å². The maximum atomic E-state index is 13.5. The highest BCUT2D eigenvalue weighted by Crippen LogP contribution is 2.33. The third-order valence-corrected chi connectivity index (χ3v) is 5.52. The number of hydrogen-bond acceptors (Lipinski definition) is 2. The van der Waals surface area contributed by atoms with Gasteiger partial charge in [0.05, 0.1) is 11.0 Å². The highest BCUT2D eigenvalue weighted by atomic mass is 19.4. The van der Waals surface area contributed by atoms with Crippen molar-refractivity contribution in [2.75, 3.05) is 18.4 Å². The lowest BCUT2D eigenvalue weighted by atomic mass is 9.96. The minimum atomic E-state index is -4.51. The second-order valence-electron chi connectivity index (χ2n) is 7.76. The summed E-state index contributed by atoms with van der Waals surface area (Å²) in [4.78, 5) is 18.0. The van der Waals surface area contributed by atoms with Gasteiger partial charge >= 0.3 is 12.2 Å². The molecule has 3 aromatic rings. The normalized spacial score (nSPS) is 15.5. The van der Waals surface area contributed by atoms with Crippen LogP contribution in [0.25, 0.3) is 11.0 Å². The average Bonchev–Trinajstić information content (AvgIpc) is 3.08.